The maximum Gasteiger partial charge on any atom is 0.247 e. The number of carboxylic acids is 1. The molecule has 0 aromatic heterocycles. The predicted octanol–water partition coefficient (Wildman–Crippen LogP) is 9.24. The fraction of sp³-hybridized carbons (Fsp3) is 0.295. The van der Waals surface area contributed by atoms with Crippen LogP contribution in [0.4, 0.5) is 13.2 Å². The van der Waals surface area contributed by atoms with Gasteiger partial charge in [0.1, 0.15) is 75.6 Å². The number of nitrogens with zero attached hydrogens (tertiary/aromatic N) is 3. The Balaban J connectivity index is 0.000000163. The lowest BCUT2D eigenvalue weighted by Crippen LogP contribution is -3.14. The third-order valence-corrected chi connectivity index (χ3v) is 23.6. The number of carbonyl (C=O) groups excluding carboxylic acids is 1. The van der Waals surface area contributed by atoms with E-state index < -0.39 is 82.3 Å². The number of hydrogen-bond acceptors (Lipinski definition) is 15. The molecule has 9 aromatic carbocycles. The highest BCUT2D eigenvalue weighted by Crippen LogP contribution is 2.36. The molecule has 2 N–H and O–H groups in total. The number of benzene rings is 9. The molecule has 3 atom stereocenters. The first-order chi connectivity index (χ1) is 49.7. The van der Waals surface area contributed by atoms with E-state index in [1.165, 1.54) is 49.2 Å². The van der Waals surface area contributed by atoms with Gasteiger partial charge in [0, 0.05) is 25.6 Å². The summed E-state index contributed by atoms with van der Waals surface area (Å²) in [6.45, 7) is 7.43. The van der Waals surface area contributed by atoms with Crippen molar-refractivity contribution < 1.29 is 86.8 Å². The highest BCUT2D eigenvalue weighted by Gasteiger charge is 2.39. The van der Waals surface area contributed by atoms with Crippen molar-refractivity contribution in [1.29, 1.82) is 0 Å². The van der Waals surface area contributed by atoms with Gasteiger partial charge in [0.15, 0.2) is 0 Å². The van der Waals surface area contributed by atoms with Gasteiger partial charge in [-0.2, -0.15) is 12.9 Å². The molecule has 0 radical (unpaired) electrons. The van der Waals surface area contributed by atoms with Crippen LogP contribution in [0.1, 0.15) is 57.0 Å². The molecule has 4 aliphatic heterocycles. The number of aliphatic carboxylic acids is 1. The third kappa shape index (κ3) is 20.8. The summed E-state index contributed by atoms with van der Waals surface area (Å²) in [5, 5.41) is 19.1. The number of carboxylic acid groups (broad SMARTS) is 1. The Morgan fingerprint density at radius 3 is 1.17 bits per heavy atom. The monoisotopic (exact) mass is 1470 g/mol. The quantitative estimate of drug-likeness (QED) is 0.0865. The van der Waals surface area contributed by atoms with Gasteiger partial charge in [0.2, 0.25) is 30.1 Å². The molecule has 544 valence electrons. The van der Waals surface area contributed by atoms with Crippen molar-refractivity contribution in [2.24, 2.45) is 0 Å². The van der Waals surface area contributed by atoms with E-state index in [0.717, 1.165) is 100 Å². The Morgan fingerprint density at radius 1 is 0.466 bits per heavy atom. The predicted molar refractivity (Wildman–Crippen MR) is 378 cm³/mol. The van der Waals surface area contributed by atoms with Crippen molar-refractivity contribution in [3.05, 3.63) is 286 Å². The summed E-state index contributed by atoms with van der Waals surface area (Å²) < 4.78 is 164. The molecule has 4 aliphatic rings. The molecule has 3 unspecified atom stereocenters. The lowest BCUT2D eigenvalue weighted by Gasteiger charge is -2.34. The number of fused-ring (bicyclic) bond motifs is 3. The molecule has 19 nitrogen and oxygen atoms in total. The smallest absolute Gasteiger partial charge is 0.247 e. The fourth-order valence-electron chi connectivity index (χ4n) is 12.5. The average molecular weight is 1470 g/mol. The fourth-order valence-corrected chi connectivity index (χ4v) is 17.7. The summed E-state index contributed by atoms with van der Waals surface area (Å²) >= 11 is 0. The molecule has 0 amide bonds. The number of halogens is 3. The van der Waals surface area contributed by atoms with Gasteiger partial charge in [-0.3, -0.25) is 0 Å². The van der Waals surface area contributed by atoms with Crippen LogP contribution in [-0.4, -0.2) is 134 Å². The van der Waals surface area contributed by atoms with Crippen molar-refractivity contribution >= 4 is 36.0 Å². The maximum absolute atomic E-state index is 14.5. The van der Waals surface area contributed by atoms with E-state index in [4.69, 9.17) is 38.3 Å². The van der Waals surface area contributed by atoms with Crippen LogP contribution in [0.25, 0.3) is 0 Å². The minimum Gasteiger partial charge on any atom is -0.550 e. The van der Waals surface area contributed by atoms with Gasteiger partial charge in [-0.1, -0.05) is 164 Å². The van der Waals surface area contributed by atoms with Gasteiger partial charge in [-0.05, 0) is 131 Å². The van der Waals surface area contributed by atoms with E-state index in [0.29, 0.717) is 65.4 Å². The number of rotatable bonds is 17. The molecule has 0 bridgehead atoms. The van der Waals surface area contributed by atoms with Crippen LogP contribution in [0.15, 0.2) is 233 Å². The highest BCUT2D eigenvalue weighted by atomic mass is 32.2. The lowest BCUT2D eigenvalue weighted by atomic mass is 10.0. The second kappa shape index (κ2) is 36.5. The van der Waals surface area contributed by atoms with Crippen molar-refractivity contribution in [2.45, 2.75) is 98.5 Å². The molecule has 0 aliphatic carbocycles. The van der Waals surface area contributed by atoms with E-state index >= 15 is 0 Å². The Labute approximate surface area is 600 Å². The number of carbonyl (C=O) groups is 1. The minimum atomic E-state index is -4.20. The molecule has 25 heteroatoms. The Hall–Kier alpha value is -8.83. The molecule has 1 fully saturated rings. The van der Waals surface area contributed by atoms with Gasteiger partial charge < -0.3 is 48.3 Å². The van der Waals surface area contributed by atoms with Gasteiger partial charge in [-0.25, -0.2) is 38.4 Å². The number of ether oxygens (including phenoxy) is 6. The first-order valence-corrected chi connectivity index (χ1v) is 37.9. The number of sulfonamides is 3. The van der Waals surface area contributed by atoms with Gasteiger partial charge in [0.25, 0.3) is 0 Å². The standard InChI is InChI=1S/C29H33FN2O5S.C24H24FNO4S.C23H22FNO4S.C2H4O2/c30-26-10-11-28(37-17-14-31-12-15-35-16-13-31)29(19-26)38(33,34)32-20-24-8-4-5-9-25(24)21-36-22-27(32)18-23-6-2-1-3-7-23;1-29-23-12-11-21(25)14-24(23)31(27,28)26-15-19-9-5-6-10-20(19)16-30-17-22(26)13-18-7-3-2-4-8-18;24-20-10-11-22(26)23(13-20)30(27,28)25-14-18-8-4-5-9-19(18)15-29-16-21(25)12-17-6-2-1-3-7-17;1-2(3)4/h1-11,19,27H,12-18,20-22H2;2-12,14,22H,13,15-17H2,1H3;1-11,13,21,26H,12,14-16H2;1H3,(H,3,4). The normalized spacial score (nSPS) is 17.8. The molecule has 103 heavy (non-hydrogen) atoms. The van der Waals surface area contributed by atoms with Crippen molar-refractivity contribution in [2.75, 3.05) is 66.4 Å². The van der Waals surface area contributed by atoms with Crippen LogP contribution >= 0.6 is 0 Å². The summed E-state index contributed by atoms with van der Waals surface area (Å²) in [6.07, 6.45) is 1.37. The zero-order valence-corrected chi connectivity index (χ0v) is 59.6. The van der Waals surface area contributed by atoms with Crippen molar-refractivity contribution in [3.8, 4) is 17.2 Å². The van der Waals surface area contributed by atoms with Gasteiger partial charge in [0.05, 0.1) is 78.1 Å². The first kappa shape index (κ1) is 76.8. The molecule has 13 rings (SSSR count). The Morgan fingerprint density at radius 2 is 0.786 bits per heavy atom. The number of phenolic OH excluding ortho intramolecular Hbond substituents is 1. The maximum atomic E-state index is 14.5. The molecular weight excluding hydrogens is 1390 g/mol. The molecule has 4 heterocycles. The molecule has 0 spiro atoms. The number of nitrogens with one attached hydrogen (secondary N) is 1. The summed E-state index contributed by atoms with van der Waals surface area (Å²) in [5.41, 5.74) is 8.28. The minimum absolute atomic E-state index is 0.106. The van der Waals surface area contributed by atoms with Crippen LogP contribution in [-0.2, 0) is 113 Å². The van der Waals surface area contributed by atoms with Gasteiger partial charge in [-0.15, -0.1) is 0 Å². The lowest BCUT2D eigenvalue weighted by molar-refractivity contribution is -0.908. The van der Waals surface area contributed by atoms with E-state index in [9.17, 15) is 43.5 Å². The number of methoxy groups -OCH3 is 1. The summed E-state index contributed by atoms with van der Waals surface area (Å²) in [6, 6.07) is 60.4. The highest BCUT2D eigenvalue weighted by molar-refractivity contribution is 7.89. The SMILES string of the molecule is CC(=O)[O-].COc1ccc(F)cc1S(=O)(=O)N1Cc2ccccc2COCC1Cc1ccccc1.O=S(=O)(c1cc(F)ccc1O)N1Cc2ccccc2COCC1Cc1ccccc1.O=S(=O)(c1cc(F)ccc1OCC[NH+]1CCOCC1)N1Cc2ccccc2COCC1Cc1ccccc1. The molecule has 0 saturated carbocycles. The zero-order chi connectivity index (χ0) is 72.9. The number of quaternary nitrogens is 1. The van der Waals surface area contributed by atoms with Crippen LogP contribution in [0, 0.1) is 17.5 Å². The van der Waals surface area contributed by atoms with Crippen LogP contribution in [0.2, 0.25) is 0 Å². The third-order valence-electron chi connectivity index (χ3n) is 17.8. The number of hydrogen-bond donors (Lipinski definition) is 2. The number of morpholine rings is 1. The van der Waals surface area contributed by atoms with Crippen LogP contribution < -0.4 is 19.5 Å². The second-order valence-electron chi connectivity index (χ2n) is 25.0. The Kier molecular flexibility index (Phi) is 27.2. The second-order valence-corrected chi connectivity index (χ2v) is 30.6. The van der Waals surface area contributed by atoms with Gasteiger partial charge >= 0.3 is 0 Å². The largest absolute Gasteiger partial charge is 0.550 e. The Bertz CT molecular complexity index is 4620. The first-order valence-electron chi connectivity index (χ1n) is 33.6. The van der Waals surface area contributed by atoms with E-state index in [2.05, 4.69) is 0 Å². The number of aromatic hydroxyl groups is 1. The average Bonchev–Trinajstić information content (AvgIpc) is 0.782. The van der Waals surface area contributed by atoms with E-state index in [1.807, 2.05) is 164 Å². The summed E-state index contributed by atoms with van der Waals surface area (Å²) in [7, 11) is -11.1. The van der Waals surface area contributed by atoms with Crippen LogP contribution in [0.5, 0.6) is 17.2 Å². The van der Waals surface area contributed by atoms with E-state index in [1.54, 1.807) is 0 Å². The number of phenols is 1. The van der Waals surface area contributed by atoms with Crippen molar-refractivity contribution in [1.82, 2.24) is 12.9 Å². The zero-order valence-electron chi connectivity index (χ0n) is 57.1. The molecule has 9 aromatic rings. The summed E-state index contributed by atoms with van der Waals surface area (Å²) in [4.78, 5) is 9.43. The van der Waals surface area contributed by atoms with Crippen molar-refractivity contribution in [3.63, 3.8) is 0 Å². The topological polar surface area (TPSA) is 232 Å². The molecule has 1 saturated heterocycles. The molecular formula is C78H83F3N4O15S3. The van der Waals surface area contributed by atoms with E-state index in [-0.39, 0.29) is 60.7 Å². The van der Waals surface area contributed by atoms with Crippen LogP contribution in [0.3, 0.4) is 0 Å². The summed E-state index contributed by atoms with van der Waals surface area (Å²) in [5.74, 6) is -3.29.